The molecule has 0 saturated carbocycles. The van der Waals surface area contributed by atoms with Gasteiger partial charge in [-0.15, -0.1) is 0 Å². The Labute approximate surface area is 114 Å². The van der Waals surface area contributed by atoms with E-state index in [0.29, 0.717) is 22.7 Å². The fraction of sp³-hybridized carbons (Fsp3) is 0.600. The van der Waals surface area contributed by atoms with Crippen molar-refractivity contribution in [2.75, 3.05) is 23.9 Å². The van der Waals surface area contributed by atoms with Crippen LogP contribution in [0.25, 0.3) is 0 Å². The van der Waals surface area contributed by atoms with Crippen LogP contribution in [0.1, 0.15) is 13.3 Å². The quantitative estimate of drug-likeness (QED) is 0.894. The van der Waals surface area contributed by atoms with Crippen LogP contribution in [-0.2, 0) is 9.84 Å². The minimum atomic E-state index is -2.96. The van der Waals surface area contributed by atoms with Crippen molar-refractivity contribution in [3.63, 3.8) is 0 Å². The zero-order chi connectivity index (χ0) is 13.4. The predicted octanol–water partition coefficient (Wildman–Crippen LogP) is 1.24. The molecule has 0 radical (unpaired) electrons. The van der Waals surface area contributed by atoms with Gasteiger partial charge in [-0.25, -0.2) is 13.4 Å². The van der Waals surface area contributed by atoms with Crippen molar-refractivity contribution in [1.29, 1.82) is 0 Å². The number of nitrogens with one attached hydrogen (secondary N) is 1. The van der Waals surface area contributed by atoms with E-state index in [1.54, 1.807) is 6.20 Å². The first-order valence-corrected chi connectivity index (χ1v) is 8.00. The van der Waals surface area contributed by atoms with E-state index in [4.69, 9.17) is 4.74 Å². The van der Waals surface area contributed by atoms with Gasteiger partial charge in [0, 0.05) is 0 Å². The van der Waals surface area contributed by atoms with E-state index in [9.17, 15) is 8.42 Å². The molecular formula is C10H14BrN3O3S. The van der Waals surface area contributed by atoms with Crippen molar-refractivity contribution in [1.82, 2.24) is 9.97 Å². The highest BCUT2D eigenvalue weighted by atomic mass is 79.9. The van der Waals surface area contributed by atoms with Crippen LogP contribution in [0.15, 0.2) is 10.7 Å². The molecule has 0 spiro atoms. The lowest BCUT2D eigenvalue weighted by Crippen LogP contribution is -2.36. The molecule has 1 unspecified atom stereocenters. The van der Waals surface area contributed by atoms with Crippen LogP contribution in [0.2, 0.25) is 0 Å². The van der Waals surface area contributed by atoms with E-state index in [-0.39, 0.29) is 11.5 Å². The second-order valence-corrected chi connectivity index (χ2v) is 7.62. The van der Waals surface area contributed by atoms with E-state index < -0.39 is 15.4 Å². The van der Waals surface area contributed by atoms with Crippen molar-refractivity contribution >= 4 is 31.7 Å². The number of hydrogen-bond acceptors (Lipinski definition) is 6. The van der Waals surface area contributed by atoms with Crippen LogP contribution < -0.4 is 10.1 Å². The predicted molar refractivity (Wildman–Crippen MR) is 71.6 cm³/mol. The number of hydrogen-bond donors (Lipinski definition) is 1. The fourth-order valence-electron chi connectivity index (χ4n) is 1.93. The molecule has 1 fully saturated rings. The Balaban J connectivity index is 2.20. The Morgan fingerprint density at radius 3 is 2.83 bits per heavy atom. The van der Waals surface area contributed by atoms with Crippen LogP contribution in [0.3, 0.4) is 0 Å². The average Bonchev–Trinajstić information content (AvgIpc) is 2.56. The van der Waals surface area contributed by atoms with E-state index in [0.717, 1.165) is 0 Å². The van der Waals surface area contributed by atoms with Gasteiger partial charge in [-0.3, -0.25) is 0 Å². The highest BCUT2D eigenvalue weighted by Gasteiger charge is 2.38. The lowest BCUT2D eigenvalue weighted by molar-refractivity contribution is 0.394. The molecule has 100 valence electrons. The number of ether oxygens (including phenoxy) is 1. The van der Waals surface area contributed by atoms with Crippen LogP contribution in [0.4, 0.5) is 5.95 Å². The fourth-order valence-corrected chi connectivity index (χ4v) is 4.38. The third-order valence-corrected chi connectivity index (χ3v) is 5.27. The molecule has 0 bridgehead atoms. The van der Waals surface area contributed by atoms with Crippen molar-refractivity contribution in [2.24, 2.45) is 0 Å². The van der Waals surface area contributed by atoms with Gasteiger partial charge in [-0.1, -0.05) is 0 Å². The lowest BCUT2D eigenvalue weighted by atomic mass is 10.0. The maximum atomic E-state index is 11.5. The number of nitrogens with zero attached hydrogens (tertiary/aromatic N) is 2. The van der Waals surface area contributed by atoms with Gasteiger partial charge in [0.1, 0.15) is 0 Å². The Kier molecular flexibility index (Phi) is 3.50. The topological polar surface area (TPSA) is 81.2 Å². The summed E-state index contributed by atoms with van der Waals surface area (Å²) >= 11 is 3.26. The minimum absolute atomic E-state index is 0.0989. The summed E-state index contributed by atoms with van der Waals surface area (Å²) in [6, 6.07) is 0. The lowest BCUT2D eigenvalue weighted by Gasteiger charge is -2.23. The molecule has 1 saturated heterocycles. The molecular weight excluding hydrogens is 322 g/mol. The Morgan fingerprint density at radius 1 is 1.56 bits per heavy atom. The molecule has 1 atom stereocenters. The highest BCUT2D eigenvalue weighted by Crippen LogP contribution is 2.28. The number of methoxy groups -OCH3 is 1. The molecule has 0 amide bonds. The monoisotopic (exact) mass is 335 g/mol. The van der Waals surface area contributed by atoms with Crippen molar-refractivity contribution in [3.8, 4) is 5.88 Å². The third-order valence-electron chi connectivity index (χ3n) is 2.82. The summed E-state index contributed by atoms with van der Waals surface area (Å²) < 4.78 is 28.7. The molecule has 2 heterocycles. The molecule has 1 aliphatic rings. The SMILES string of the molecule is COc1nc(NC2(C)CCS(=O)(=O)C2)ncc1Br. The minimum Gasteiger partial charge on any atom is -0.480 e. The van der Waals surface area contributed by atoms with E-state index in [2.05, 4.69) is 31.2 Å². The Bertz CT molecular complexity index is 563. The largest absolute Gasteiger partial charge is 0.480 e. The summed E-state index contributed by atoms with van der Waals surface area (Å²) in [5.74, 6) is 1.08. The number of sulfone groups is 1. The van der Waals surface area contributed by atoms with E-state index in [1.807, 2.05) is 6.92 Å². The van der Waals surface area contributed by atoms with Crippen molar-refractivity contribution in [2.45, 2.75) is 18.9 Å². The molecule has 0 aliphatic carbocycles. The number of aromatic nitrogens is 2. The van der Waals surface area contributed by atoms with Crippen LogP contribution in [-0.4, -0.2) is 42.5 Å². The summed E-state index contributed by atoms with van der Waals surface area (Å²) in [7, 11) is -1.44. The first kappa shape index (κ1) is 13.5. The zero-order valence-corrected chi connectivity index (χ0v) is 12.5. The molecule has 1 aromatic rings. The number of anilines is 1. The number of rotatable bonds is 3. The van der Waals surface area contributed by atoms with Crippen molar-refractivity contribution in [3.05, 3.63) is 10.7 Å². The molecule has 1 N–H and O–H groups in total. The first-order chi connectivity index (χ1) is 8.34. The maximum Gasteiger partial charge on any atom is 0.232 e. The summed E-state index contributed by atoms with van der Waals surface area (Å²) in [5.41, 5.74) is -0.516. The van der Waals surface area contributed by atoms with Crippen LogP contribution >= 0.6 is 15.9 Å². The smallest absolute Gasteiger partial charge is 0.232 e. The number of halogens is 1. The zero-order valence-electron chi connectivity index (χ0n) is 10.1. The van der Waals surface area contributed by atoms with Gasteiger partial charge < -0.3 is 10.1 Å². The molecule has 0 aromatic carbocycles. The van der Waals surface area contributed by atoms with Gasteiger partial charge in [0.2, 0.25) is 11.8 Å². The molecule has 2 rings (SSSR count). The Hall–Kier alpha value is -0.890. The van der Waals surface area contributed by atoms with E-state index >= 15 is 0 Å². The second-order valence-electron chi connectivity index (χ2n) is 4.58. The summed E-state index contributed by atoms with van der Waals surface area (Å²) in [6.07, 6.45) is 2.12. The highest BCUT2D eigenvalue weighted by molar-refractivity contribution is 9.10. The molecule has 1 aliphatic heterocycles. The van der Waals surface area contributed by atoms with Gasteiger partial charge in [0.25, 0.3) is 0 Å². The van der Waals surface area contributed by atoms with Crippen LogP contribution in [0.5, 0.6) is 5.88 Å². The maximum absolute atomic E-state index is 11.5. The summed E-state index contributed by atoms with van der Waals surface area (Å²) in [6.45, 7) is 1.86. The molecule has 18 heavy (non-hydrogen) atoms. The standard InChI is InChI=1S/C10H14BrN3O3S/c1-10(3-4-18(15,16)6-10)14-9-12-5-7(11)8(13-9)17-2/h5H,3-4,6H2,1-2H3,(H,12,13,14). The third kappa shape index (κ3) is 2.92. The molecule has 1 aromatic heterocycles. The molecule has 8 heteroatoms. The van der Waals surface area contributed by atoms with Crippen LogP contribution in [0, 0.1) is 0 Å². The summed E-state index contributed by atoms with van der Waals surface area (Å²) in [5, 5.41) is 3.07. The van der Waals surface area contributed by atoms with E-state index in [1.165, 1.54) is 7.11 Å². The van der Waals surface area contributed by atoms with Gasteiger partial charge in [0.15, 0.2) is 9.84 Å². The first-order valence-electron chi connectivity index (χ1n) is 5.39. The normalized spacial score (nSPS) is 25.9. The Morgan fingerprint density at radius 2 is 2.28 bits per heavy atom. The van der Waals surface area contributed by atoms with Gasteiger partial charge in [0.05, 0.1) is 34.8 Å². The van der Waals surface area contributed by atoms with Crippen molar-refractivity contribution < 1.29 is 13.2 Å². The van der Waals surface area contributed by atoms with Gasteiger partial charge in [-0.2, -0.15) is 4.98 Å². The average molecular weight is 336 g/mol. The van der Waals surface area contributed by atoms with Gasteiger partial charge in [-0.05, 0) is 29.3 Å². The second kappa shape index (κ2) is 4.65. The van der Waals surface area contributed by atoms with Gasteiger partial charge >= 0.3 is 0 Å². The molecule has 6 nitrogen and oxygen atoms in total. The summed E-state index contributed by atoms with van der Waals surface area (Å²) in [4.78, 5) is 8.26.